The van der Waals surface area contributed by atoms with Crippen molar-refractivity contribution in [3.8, 4) is 0 Å². The Bertz CT molecular complexity index is 1050. The lowest BCUT2D eigenvalue weighted by Crippen LogP contribution is -2.20. The Hall–Kier alpha value is -2.48. The summed E-state index contributed by atoms with van der Waals surface area (Å²) in [6.45, 7) is -0.0194. The summed E-state index contributed by atoms with van der Waals surface area (Å²) in [6.07, 6.45) is 3.26. The highest BCUT2D eigenvalue weighted by atomic mass is 35.5. The van der Waals surface area contributed by atoms with Crippen LogP contribution >= 0.6 is 34.5 Å². The fraction of sp³-hybridized carbons (Fsp3) is 0.111. The standard InChI is InChI=1S/C18H13Cl2N3O3S/c19-14-6-2-1-4-12(14)10-23-8-9-27-18(23)22-15(24)11-26-17(25)13-5-3-7-21-16(13)20/h1-9H,10-11H2. The summed E-state index contributed by atoms with van der Waals surface area (Å²) in [6, 6.07) is 10.5. The molecular formula is C18H13Cl2N3O3S. The monoisotopic (exact) mass is 421 g/mol. The minimum atomic E-state index is -0.730. The van der Waals surface area contributed by atoms with Crippen molar-refractivity contribution in [1.29, 1.82) is 0 Å². The van der Waals surface area contributed by atoms with Gasteiger partial charge in [0.15, 0.2) is 11.4 Å². The lowest BCUT2D eigenvalue weighted by molar-refractivity contribution is -0.121. The van der Waals surface area contributed by atoms with E-state index >= 15 is 0 Å². The molecule has 9 heteroatoms. The summed E-state index contributed by atoms with van der Waals surface area (Å²) in [7, 11) is 0. The van der Waals surface area contributed by atoms with Crippen molar-refractivity contribution in [3.63, 3.8) is 0 Å². The molecule has 3 rings (SSSR count). The molecule has 0 fully saturated rings. The number of hydrogen-bond donors (Lipinski definition) is 0. The Balaban J connectivity index is 1.68. The lowest BCUT2D eigenvalue weighted by atomic mass is 10.2. The summed E-state index contributed by atoms with van der Waals surface area (Å²) in [4.78, 5) is 32.3. The summed E-state index contributed by atoms with van der Waals surface area (Å²) >= 11 is 13.3. The number of halogens is 2. The first kappa shape index (κ1) is 19.3. The maximum absolute atomic E-state index is 12.1. The molecule has 0 bridgehead atoms. The molecule has 6 nitrogen and oxygen atoms in total. The fourth-order valence-electron chi connectivity index (χ4n) is 2.20. The second-order valence-electron chi connectivity index (χ2n) is 5.33. The van der Waals surface area contributed by atoms with Crippen LogP contribution in [-0.2, 0) is 16.1 Å². The number of pyridine rings is 1. The van der Waals surface area contributed by atoms with Gasteiger partial charge in [-0.05, 0) is 23.8 Å². The highest BCUT2D eigenvalue weighted by Crippen LogP contribution is 2.16. The molecule has 2 aromatic heterocycles. The van der Waals surface area contributed by atoms with Crippen LogP contribution in [0.2, 0.25) is 10.2 Å². The van der Waals surface area contributed by atoms with E-state index in [1.807, 2.05) is 29.8 Å². The topological polar surface area (TPSA) is 73.6 Å². The number of esters is 1. The molecule has 2 heterocycles. The first-order valence-electron chi connectivity index (χ1n) is 7.77. The number of hydrogen-bond acceptors (Lipinski definition) is 5. The Morgan fingerprint density at radius 1 is 1.19 bits per heavy atom. The van der Waals surface area contributed by atoms with E-state index in [9.17, 15) is 9.59 Å². The van der Waals surface area contributed by atoms with E-state index in [-0.39, 0.29) is 10.7 Å². The minimum Gasteiger partial charge on any atom is -0.452 e. The van der Waals surface area contributed by atoms with Crippen molar-refractivity contribution in [3.05, 3.63) is 80.3 Å². The molecule has 1 amide bonds. The van der Waals surface area contributed by atoms with E-state index in [1.165, 1.54) is 23.6 Å². The number of nitrogens with zero attached hydrogens (tertiary/aromatic N) is 3. The Morgan fingerprint density at radius 2 is 2.00 bits per heavy atom. The number of benzene rings is 1. The second-order valence-corrected chi connectivity index (χ2v) is 6.97. The highest BCUT2D eigenvalue weighted by molar-refractivity contribution is 7.07. The molecule has 0 aliphatic rings. The minimum absolute atomic E-state index is 0.0164. The molecule has 0 radical (unpaired) electrons. The number of thiazole rings is 1. The van der Waals surface area contributed by atoms with Crippen LogP contribution in [0.25, 0.3) is 0 Å². The smallest absolute Gasteiger partial charge is 0.341 e. The average molecular weight is 422 g/mol. The van der Waals surface area contributed by atoms with Crippen LogP contribution in [0, 0.1) is 0 Å². The third-order valence-corrected chi connectivity index (χ3v) is 4.95. The number of carbonyl (C=O) groups excluding carboxylic acids is 2. The zero-order valence-electron chi connectivity index (χ0n) is 13.8. The van der Waals surface area contributed by atoms with Crippen LogP contribution in [0.4, 0.5) is 0 Å². The highest BCUT2D eigenvalue weighted by Gasteiger charge is 2.14. The summed E-state index contributed by atoms with van der Waals surface area (Å²) in [5.74, 6) is -1.31. The van der Waals surface area contributed by atoms with E-state index in [0.717, 1.165) is 5.56 Å². The maximum Gasteiger partial charge on any atom is 0.341 e. The average Bonchev–Trinajstić information content (AvgIpc) is 3.08. The van der Waals surface area contributed by atoms with Gasteiger partial charge in [-0.1, -0.05) is 41.4 Å². The molecule has 1 aromatic carbocycles. The van der Waals surface area contributed by atoms with Crippen molar-refractivity contribution in [2.75, 3.05) is 6.61 Å². The van der Waals surface area contributed by atoms with Gasteiger partial charge >= 0.3 is 5.97 Å². The van der Waals surface area contributed by atoms with Gasteiger partial charge in [-0.3, -0.25) is 4.79 Å². The Kier molecular flexibility index (Phi) is 6.39. The van der Waals surface area contributed by atoms with Crippen LogP contribution in [-0.4, -0.2) is 28.0 Å². The van der Waals surface area contributed by atoms with Crippen LogP contribution in [0.3, 0.4) is 0 Å². The first-order valence-corrected chi connectivity index (χ1v) is 9.40. The van der Waals surface area contributed by atoms with Gasteiger partial charge in [0.05, 0.1) is 12.1 Å². The predicted octanol–water partition coefficient (Wildman–Crippen LogP) is 3.58. The number of aromatic nitrogens is 2. The zero-order chi connectivity index (χ0) is 19.2. The molecule has 0 aliphatic carbocycles. The van der Waals surface area contributed by atoms with Crippen molar-refractivity contribution in [2.45, 2.75) is 6.54 Å². The molecule has 0 atom stereocenters. The van der Waals surface area contributed by atoms with E-state index in [2.05, 4.69) is 9.98 Å². The van der Waals surface area contributed by atoms with Gasteiger partial charge < -0.3 is 9.30 Å². The largest absolute Gasteiger partial charge is 0.452 e. The molecule has 3 aromatic rings. The molecule has 0 N–H and O–H groups in total. The van der Waals surface area contributed by atoms with Crippen molar-refractivity contribution in [2.24, 2.45) is 4.99 Å². The third kappa shape index (κ3) is 5.03. The SMILES string of the molecule is O=C(COC(=O)c1cccnc1Cl)N=c1sccn1Cc1ccccc1Cl. The summed E-state index contributed by atoms with van der Waals surface area (Å²) in [5, 5.41) is 2.46. The van der Waals surface area contributed by atoms with Crippen molar-refractivity contribution in [1.82, 2.24) is 9.55 Å². The molecule has 0 saturated heterocycles. The van der Waals surface area contributed by atoms with Crippen LogP contribution in [0.15, 0.2) is 59.2 Å². The number of carbonyl (C=O) groups is 2. The van der Waals surface area contributed by atoms with E-state index in [0.29, 0.717) is 16.4 Å². The predicted molar refractivity (Wildman–Crippen MR) is 103 cm³/mol. The molecular weight excluding hydrogens is 409 g/mol. The van der Waals surface area contributed by atoms with E-state index in [1.54, 1.807) is 16.7 Å². The number of ether oxygens (including phenoxy) is 1. The van der Waals surface area contributed by atoms with Gasteiger partial charge in [0.1, 0.15) is 5.15 Å². The summed E-state index contributed by atoms with van der Waals surface area (Å²) < 4.78 is 6.76. The normalized spacial score (nSPS) is 11.4. The number of amides is 1. The van der Waals surface area contributed by atoms with E-state index in [4.69, 9.17) is 27.9 Å². The number of rotatable bonds is 5. The molecule has 138 valence electrons. The van der Waals surface area contributed by atoms with Gasteiger partial charge in [0.25, 0.3) is 5.91 Å². The van der Waals surface area contributed by atoms with Crippen LogP contribution in [0.1, 0.15) is 15.9 Å². The molecule has 0 unspecified atom stereocenters. The van der Waals surface area contributed by atoms with Crippen LogP contribution in [0.5, 0.6) is 0 Å². The van der Waals surface area contributed by atoms with Gasteiger partial charge in [0, 0.05) is 22.8 Å². The van der Waals surface area contributed by atoms with Gasteiger partial charge in [0.2, 0.25) is 0 Å². The van der Waals surface area contributed by atoms with Crippen molar-refractivity contribution >= 4 is 46.4 Å². The molecule has 0 saturated carbocycles. The quantitative estimate of drug-likeness (QED) is 0.466. The first-order chi connectivity index (χ1) is 13.0. The Morgan fingerprint density at radius 3 is 2.78 bits per heavy atom. The molecule has 27 heavy (non-hydrogen) atoms. The molecule has 0 aliphatic heterocycles. The van der Waals surface area contributed by atoms with Crippen molar-refractivity contribution < 1.29 is 14.3 Å². The lowest BCUT2D eigenvalue weighted by Gasteiger charge is -2.05. The van der Waals surface area contributed by atoms with Gasteiger partial charge in [-0.15, -0.1) is 11.3 Å². The zero-order valence-corrected chi connectivity index (χ0v) is 16.2. The summed E-state index contributed by atoms with van der Waals surface area (Å²) in [5.41, 5.74) is 1.00. The van der Waals surface area contributed by atoms with Crippen LogP contribution < -0.4 is 4.80 Å². The third-order valence-electron chi connectivity index (χ3n) is 3.48. The maximum atomic E-state index is 12.1. The van der Waals surface area contributed by atoms with Gasteiger partial charge in [-0.2, -0.15) is 4.99 Å². The molecule has 0 spiro atoms. The van der Waals surface area contributed by atoms with E-state index < -0.39 is 18.5 Å². The van der Waals surface area contributed by atoms with Gasteiger partial charge in [-0.25, -0.2) is 9.78 Å². The second kappa shape index (κ2) is 8.94. The fourth-order valence-corrected chi connectivity index (χ4v) is 3.34. The Labute approximate surface area is 168 Å².